The zero-order chi connectivity index (χ0) is 16.2. The molecule has 4 heteroatoms. The van der Waals surface area contributed by atoms with Crippen LogP contribution in [-0.2, 0) is 11.2 Å². The summed E-state index contributed by atoms with van der Waals surface area (Å²) >= 11 is 0. The van der Waals surface area contributed by atoms with Gasteiger partial charge in [0.1, 0.15) is 5.52 Å². The van der Waals surface area contributed by atoms with Gasteiger partial charge < -0.3 is 9.73 Å². The number of aryl methyl sites for hydroxylation is 1. The summed E-state index contributed by atoms with van der Waals surface area (Å²) in [6, 6.07) is 13.8. The van der Waals surface area contributed by atoms with Crippen LogP contribution in [0.3, 0.4) is 0 Å². The minimum atomic E-state index is 0.0505. The lowest BCUT2D eigenvalue weighted by Gasteiger charge is -2.05. The summed E-state index contributed by atoms with van der Waals surface area (Å²) in [5, 5.41) is 2.88. The zero-order valence-electron chi connectivity index (χ0n) is 13.4. The van der Waals surface area contributed by atoms with E-state index in [2.05, 4.69) is 10.3 Å². The van der Waals surface area contributed by atoms with Gasteiger partial charge in [0.15, 0.2) is 11.5 Å². The Labute approximate surface area is 135 Å². The smallest absolute Gasteiger partial charge is 0.224 e. The molecule has 0 saturated carbocycles. The van der Waals surface area contributed by atoms with Crippen molar-refractivity contribution in [3.63, 3.8) is 0 Å². The van der Waals surface area contributed by atoms with Gasteiger partial charge in [0, 0.05) is 18.5 Å². The third-order valence-electron chi connectivity index (χ3n) is 3.66. The molecule has 0 spiro atoms. The molecule has 3 aromatic rings. The van der Waals surface area contributed by atoms with Gasteiger partial charge in [-0.05, 0) is 48.7 Å². The fraction of sp³-hybridized carbons (Fsp3) is 0.263. The third-order valence-corrected chi connectivity index (χ3v) is 3.66. The van der Waals surface area contributed by atoms with Gasteiger partial charge in [0.2, 0.25) is 5.91 Å². The fourth-order valence-electron chi connectivity index (χ4n) is 2.49. The van der Waals surface area contributed by atoms with Crippen LogP contribution in [-0.4, -0.2) is 10.9 Å². The molecule has 118 valence electrons. The number of nitrogens with zero attached hydrogens (tertiary/aromatic N) is 1. The van der Waals surface area contributed by atoms with Crippen LogP contribution in [0, 0.1) is 6.92 Å². The Balaban J connectivity index is 1.70. The molecular formula is C19H20N2O2. The standard InChI is InChI=1S/C19H20N2O2/c1-3-4-18(22)20-15-8-6-14(7-9-15)12-19-21-16-11-13(2)5-10-17(16)23-19/h5-11H,3-4,12H2,1-2H3,(H,20,22). The highest BCUT2D eigenvalue weighted by molar-refractivity contribution is 5.90. The number of oxazole rings is 1. The number of carbonyl (C=O) groups is 1. The topological polar surface area (TPSA) is 55.1 Å². The molecule has 23 heavy (non-hydrogen) atoms. The van der Waals surface area contributed by atoms with Gasteiger partial charge in [-0.15, -0.1) is 0 Å². The number of benzene rings is 2. The van der Waals surface area contributed by atoms with E-state index in [1.165, 1.54) is 5.56 Å². The van der Waals surface area contributed by atoms with Crippen molar-refractivity contribution in [1.82, 2.24) is 4.98 Å². The van der Waals surface area contributed by atoms with Gasteiger partial charge in [-0.1, -0.05) is 25.1 Å². The first kappa shape index (κ1) is 15.3. The van der Waals surface area contributed by atoms with Crippen molar-refractivity contribution in [3.8, 4) is 0 Å². The second kappa shape index (κ2) is 6.65. The van der Waals surface area contributed by atoms with Gasteiger partial charge in [-0.3, -0.25) is 4.79 Å². The summed E-state index contributed by atoms with van der Waals surface area (Å²) in [4.78, 5) is 16.1. The lowest BCUT2D eigenvalue weighted by molar-refractivity contribution is -0.116. The van der Waals surface area contributed by atoms with Crippen molar-refractivity contribution < 1.29 is 9.21 Å². The van der Waals surface area contributed by atoms with Crippen LogP contribution in [0.25, 0.3) is 11.1 Å². The maximum Gasteiger partial charge on any atom is 0.224 e. The molecule has 0 unspecified atom stereocenters. The zero-order valence-corrected chi connectivity index (χ0v) is 13.4. The van der Waals surface area contributed by atoms with Crippen LogP contribution in [0.15, 0.2) is 46.9 Å². The number of carbonyl (C=O) groups excluding carboxylic acids is 1. The summed E-state index contributed by atoms with van der Waals surface area (Å²) in [5.41, 5.74) is 4.80. The van der Waals surface area contributed by atoms with E-state index in [4.69, 9.17) is 4.42 Å². The quantitative estimate of drug-likeness (QED) is 0.757. The van der Waals surface area contributed by atoms with E-state index in [1.807, 2.05) is 56.3 Å². The van der Waals surface area contributed by atoms with Crippen LogP contribution in [0.2, 0.25) is 0 Å². The molecule has 1 amide bonds. The Kier molecular flexibility index (Phi) is 4.42. The van der Waals surface area contributed by atoms with Crippen LogP contribution < -0.4 is 5.32 Å². The molecule has 0 aliphatic carbocycles. The third kappa shape index (κ3) is 3.77. The lowest BCUT2D eigenvalue weighted by Crippen LogP contribution is -2.10. The number of aromatic nitrogens is 1. The Bertz CT molecular complexity index is 819. The number of amides is 1. The summed E-state index contributed by atoms with van der Waals surface area (Å²) in [7, 11) is 0. The number of hydrogen-bond acceptors (Lipinski definition) is 3. The molecule has 0 bridgehead atoms. The SMILES string of the molecule is CCCC(=O)Nc1ccc(Cc2nc3cc(C)ccc3o2)cc1. The van der Waals surface area contributed by atoms with Crippen molar-refractivity contribution in [2.75, 3.05) is 5.32 Å². The lowest BCUT2D eigenvalue weighted by atomic mass is 10.1. The second-order valence-electron chi connectivity index (χ2n) is 5.75. The molecule has 0 aliphatic heterocycles. The summed E-state index contributed by atoms with van der Waals surface area (Å²) in [5.74, 6) is 0.753. The minimum Gasteiger partial charge on any atom is -0.440 e. The molecule has 0 atom stereocenters. The van der Waals surface area contributed by atoms with Crippen molar-refractivity contribution in [2.24, 2.45) is 0 Å². The van der Waals surface area contributed by atoms with Crippen molar-refractivity contribution in [1.29, 1.82) is 0 Å². The van der Waals surface area contributed by atoms with E-state index < -0.39 is 0 Å². The number of fused-ring (bicyclic) bond motifs is 1. The molecular weight excluding hydrogens is 288 g/mol. The summed E-state index contributed by atoms with van der Waals surface area (Å²) in [6.45, 7) is 4.03. The van der Waals surface area contributed by atoms with Crippen LogP contribution in [0.5, 0.6) is 0 Å². The van der Waals surface area contributed by atoms with E-state index in [9.17, 15) is 4.79 Å². The van der Waals surface area contributed by atoms with Gasteiger partial charge in [-0.2, -0.15) is 0 Å². The molecule has 0 fully saturated rings. The van der Waals surface area contributed by atoms with E-state index in [1.54, 1.807) is 0 Å². The number of hydrogen-bond donors (Lipinski definition) is 1. The highest BCUT2D eigenvalue weighted by Crippen LogP contribution is 2.20. The molecule has 0 saturated heterocycles. The van der Waals surface area contributed by atoms with Gasteiger partial charge in [-0.25, -0.2) is 4.98 Å². The molecule has 2 aromatic carbocycles. The summed E-state index contributed by atoms with van der Waals surface area (Å²) in [6.07, 6.45) is 2.03. The maximum atomic E-state index is 11.6. The van der Waals surface area contributed by atoms with Gasteiger partial charge in [0.25, 0.3) is 0 Å². The largest absolute Gasteiger partial charge is 0.440 e. The second-order valence-corrected chi connectivity index (χ2v) is 5.75. The van der Waals surface area contributed by atoms with Crippen LogP contribution >= 0.6 is 0 Å². The first-order valence-electron chi connectivity index (χ1n) is 7.89. The minimum absolute atomic E-state index is 0.0505. The van der Waals surface area contributed by atoms with Gasteiger partial charge >= 0.3 is 0 Å². The van der Waals surface area contributed by atoms with Crippen LogP contribution in [0.4, 0.5) is 5.69 Å². The maximum absolute atomic E-state index is 11.6. The number of nitrogens with one attached hydrogen (secondary N) is 1. The predicted octanol–water partition coefficient (Wildman–Crippen LogP) is 4.47. The Morgan fingerprint density at radius 2 is 1.96 bits per heavy atom. The van der Waals surface area contributed by atoms with E-state index in [-0.39, 0.29) is 5.91 Å². The highest BCUT2D eigenvalue weighted by atomic mass is 16.3. The highest BCUT2D eigenvalue weighted by Gasteiger charge is 2.07. The first-order chi connectivity index (χ1) is 11.1. The van der Waals surface area contributed by atoms with Crippen molar-refractivity contribution in [2.45, 2.75) is 33.1 Å². The van der Waals surface area contributed by atoms with E-state index in [0.29, 0.717) is 18.7 Å². The normalized spacial score (nSPS) is 10.9. The van der Waals surface area contributed by atoms with Gasteiger partial charge in [0.05, 0.1) is 0 Å². The fourth-order valence-corrected chi connectivity index (χ4v) is 2.49. The average Bonchev–Trinajstić information content (AvgIpc) is 2.91. The molecule has 3 rings (SSSR count). The Morgan fingerprint density at radius 1 is 1.17 bits per heavy atom. The predicted molar refractivity (Wildman–Crippen MR) is 91.5 cm³/mol. The van der Waals surface area contributed by atoms with Crippen molar-refractivity contribution in [3.05, 3.63) is 59.5 Å². The van der Waals surface area contributed by atoms with E-state index in [0.717, 1.165) is 28.8 Å². The molecule has 0 aliphatic rings. The monoisotopic (exact) mass is 308 g/mol. The first-order valence-corrected chi connectivity index (χ1v) is 7.89. The van der Waals surface area contributed by atoms with E-state index >= 15 is 0 Å². The number of rotatable bonds is 5. The van der Waals surface area contributed by atoms with Crippen LogP contribution in [0.1, 0.15) is 36.8 Å². The molecule has 4 nitrogen and oxygen atoms in total. The molecule has 1 N–H and O–H groups in total. The average molecular weight is 308 g/mol. The molecule has 0 radical (unpaired) electrons. The number of anilines is 1. The van der Waals surface area contributed by atoms with Crippen molar-refractivity contribution >= 4 is 22.7 Å². The summed E-state index contributed by atoms with van der Waals surface area (Å²) < 4.78 is 5.77. The molecule has 1 heterocycles. The Hall–Kier alpha value is -2.62. The Morgan fingerprint density at radius 3 is 2.70 bits per heavy atom. The molecule has 1 aromatic heterocycles.